The van der Waals surface area contributed by atoms with Gasteiger partial charge in [0, 0.05) is 33.4 Å². The largest absolute Gasteiger partial charge is 0.497 e. The number of ether oxygens (including phenoxy) is 3. The Morgan fingerprint density at radius 1 is 0.962 bits per heavy atom. The van der Waals surface area contributed by atoms with Gasteiger partial charge in [0.1, 0.15) is 11.5 Å². The Kier molecular flexibility index (Phi) is 10.3. The summed E-state index contributed by atoms with van der Waals surface area (Å²) >= 11 is 3.53. The fourth-order valence-corrected chi connectivity index (χ4v) is 7.69. The van der Waals surface area contributed by atoms with E-state index in [1.165, 1.54) is 0 Å². The number of carbonyl (C=O) groups excluding carboxylic acids is 2. The van der Waals surface area contributed by atoms with Gasteiger partial charge in [0.25, 0.3) is 5.91 Å². The molecule has 1 amide bonds. The van der Waals surface area contributed by atoms with Gasteiger partial charge in [-0.3, -0.25) is 9.59 Å². The van der Waals surface area contributed by atoms with Crippen LogP contribution in [-0.2, 0) is 20.7 Å². The van der Waals surface area contributed by atoms with E-state index in [9.17, 15) is 9.59 Å². The number of halogens is 1. The van der Waals surface area contributed by atoms with Gasteiger partial charge in [-0.1, -0.05) is 64.0 Å². The molecule has 1 aliphatic heterocycles. The number of nitrogens with one attached hydrogen (secondary N) is 1. The maximum Gasteiger partial charge on any atom is 0.306 e. The molecule has 2 aliphatic rings. The van der Waals surface area contributed by atoms with E-state index in [4.69, 9.17) is 19.3 Å². The monoisotopic (exact) mass is 759 g/mol. The van der Waals surface area contributed by atoms with Crippen LogP contribution in [0, 0.1) is 12.8 Å². The van der Waals surface area contributed by atoms with Crippen molar-refractivity contribution in [2.24, 2.45) is 11.0 Å². The van der Waals surface area contributed by atoms with E-state index in [-0.39, 0.29) is 24.3 Å². The molecule has 0 bridgehead atoms. The molecule has 0 saturated heterocycles. The second kappa shape index (κ2) is 15.2. The number of carbonyl (C=O) groups is 2. The van der Waals surface area contributed by atoms with Crippen LogP contribution in [0.4, 0.5) is 0 Å². The van der Waals surface area contributed by atoms with E-state index >= 15 is 0 Å². The highest BCUT2D eigenvalue weighted by Gasteiger charge is 2.45. The quantitative estimate of drug-likeness (QED) is 0.143. The summed E-state index contributed by atoms with van der Waals surface area (Å²) in [5, 5.41) is 7.64. The van der Waals surface area contributed by atoms with Crippen molar-refractivity contribution in [2.75, 3.05) is 14.2 Å². The number of esters is 1. The minimum atomic E-state index is -1.03. The molecular formula is C43H42BrN3O5. The van der Waals surface area contributed by atoms with Crippen molar-refractivity contribution in [3.05, 3.63) is 123 Å². The lowest BCUT2D eigenvalue weighted by Gasteiger charge is -2.30. The molecule has 4 aromatic carbocycles. The van der Waals surface area contributed by atoms with Crippen molar-refractivity contribution < 1.29 is 23.8 Å². The number of benzene rings is 4. The summed E-state index contributed by atoms with van der Waals surface area (Å²) in [7, 11) is 3.29. The molecule has 3 unspecified atom stereocenters. The number of methoxy groups -OCH3 is 2. The van der Waals surface area contributed by atoms with Crippen LogP contribution in [0.3, 0.4) is 0 Å². The van der Waals surface area contributed by atoms with E-state index in [2.05, 4.69) is 64.2 Å². The predicted octanol–water partition coefficient (Wildman–Crippen LogP) is 9.61. The fraction of sp³-hybridized carbons (Fsp3) is 0.279. The number of allylic oxidation sites excluding steroid dienone is 1. The second-order valence-electron chi connectivity index (χ2n) is 13.5. The van der Waals surface area contributed by atoms with Crippen LogP contribution in [-0.4, -0.2) is 47.9 Å². The van der Waals surface area contributed by atoms with Crippen molar-refractivity contribution in [3.8, 4) is 22.8 Å². The zero-order valence-corrected chi connectivity index (χ0v) is 31.4. The molecule has 8 nitrogen and oxygen atoms in total. The van der Waals surface area contributed by atoms with Gasteiger partial charge < -0.3 is 19.2 Å². The van der Waals surface area contributed by atoms with Crippen LogP contribution >= 0.6 is 15.9 Å². The standard InChI is InChI=1S/C43H42BrN3O5/c1-26-8-22-38-37(24-26)35(40(45-38)29-11-15-32(44)16-12-29)21-23-39(48)52-27(2)43(49)47-42(30-13-19-34(51-4)20-14-30)36-7-5-6-31(41(36)46-47)25-28-9-17-33(50-3)18-10-28/h8-20,22,24-25,27,36,42,45H,5-7,21,23H2,1-4H3/b31-25+. The first-order valence-electron chi connectivity index (χ1n) is 17.7. The smallest absolute Gasteiger partial charge is 0.306 e. The van der Waals surface area contributed by atoms with Crippen LogP contribution in [0.25, 0.3) is 28.2 Å². The molecule has 0 spiro atoms. The minimum Gasteiger partial charge on any atom is -0.497 e. The van der Waals surface area contributed by atoms with Crippen molar-refractivity contribution in [2.45, 2.75) is 58.1 Å². The molecule has 7 rings (SSSR count). The second-order valence-corrected chi connectivity index (χ2v) is 14.4. The molecule has 1 saturated carbocycles. The Labute approximate surface area is 312 Å². The van der Waals surface area contributed by atoms with Gasteiger partial charge in [-0.15, -0.1) is 0 Å². The number of hydrazone groups is 1. The topological polar surface area (TPSA) is 93.2 Å². The molecule has 52 heavy (non-hydrogen) atoms. The molecule has 1 N–H and O–H groups in total. The number of hydrogen-bond donors (Lipinski definition) is 1. The highest BCUT2D eigenvalue weighted by Crippen LogP contribution is 2.45. The Bertz CT molecular complexity index is 2150. The maximum atomic E-state index is 14.3. The van der Waals surface area contributed by atoms with Gasteiger partial charge in [-0.2, -0.15) is 5.10 Å². The summed E-state index contributed by atoms with van der Waals surface area (Å²) in [5.41, 5.74) is 9.21. The lowest BCUT2D eigenvalue weighted by Crippen LogP contribution is -2.39. The molecule has 2 heterocycles. The van der Waals surface area contributed by atoms with Gasteiger partial charge in [0.2, 0.25) is 0 Å². The highest BCUT2D eigenvalue weighted by atomic mass is 79.9. The third-order valence-corrected chi connectivity index (χ3v) is 10.6. The zero-order valence-electron chi connectivity index (χ0n) is 29.8. The molecule has 1 aliphatic carbocycles. The predicted molar refractivity (Wildman–Crippen MR) is 208 cm³/mol. The minimum absolute atomic E-state index is 0.000791. The third kappa shape index (κ3) is 7.28. The van der Waals surface area contributed by atoms with E-state index in [1.807, 2.05) is 60.7 Å². The van der Waals surface area contributed by atoms with Crippen LogP contribution in [0.1, 0.15) is 60.9 Å². The average molecular weight is 761 g/mol. The van der Waals surface area contributed by atoms with Crippen molar-refractivity contribution >= 4 is 50.5 Å². The molecule has 1 aromatic heterocycles. The number of fused-ring (bicyclic) bond motifs is 2. The van der Waals surface area contributed by atoms with E-state index in [0.29, 0.717) is 6.42 Å². The number of aryl methyl sites for hydroxylation is 2. The fourth-order valence-electron chi connectivity index (χ4n) is 7.42. The maximum absolute atomic E-state index is 14.3. The van der Waals surface area contributed by atoms with E-state index < -0.39 is 12.1 Å². The Morgan fingerprint density at radius 3 is 2.35 bits per heavy atom. The van der Waals surface area contributed by atoms with Gasteiger partial charge in [0.15, 0.2) is 6.10 Å². The van der Waals surface area contributed by atoms with Crippen molar-refractivity contribution in [3.63, 3.8) is 0 Å². The number of hydrogen-bond acceptors (Lipinski definition) is 6. The van der Waals surface area contributed by atoms with Gasteiger partial charge in [-0.05, 0) is 122 Å². The zero-order chi connectivity index (χ0) is 36.4. The number of aromatic amines is 1. The molecule has 1 fully saturated rings. The summed E-state index contributed by atoms with van der Waals surface area (Å²) in [6.07, 6.45) is 4.43. The number of H-pyrrole nitrogens is 1. The summed E-state index contributed by atoms with van der Waals surface area (Å²) < 4.78 is 17.6. The molecule has 0 radical (unpaired) electrons. The molecule has 9 heteroatoms. The third-order valence-electron chi connectivity index (χ3n) is 10.1. The normalized spacial score (nSPS) is 18.2. The van der Waals surface area contributed by atoms with Crippen LogP contribution < -0.4 is 9.47 Å². The van der Waals surface area contributed by atoms with E-state index in [1.54, 1.807) is 26.2 Å². The first-order valence-corrected chi connectivity index (χ1v) is 18.5. The summed E-state index contributed by atoms with van der Waals surface area (Å²) in [5.74, 6) is 0.748. The molecule has 3 atom stereocenters. The summed E-state index contributed by atoms with van der Waals surface area (Å²) in [4.78, 5) is 31.3. The number of nitrogens with zero attached hydrogens (tertiary/aromatic N) is 2. The van der Waals surface area contributed by atoms with Crippen LogP contribution in [0.15, 0.2) is 106 Å². The molecular weight excluding hydrogens is 718 g/mol. The summed E-state index contributed by atoms with van der Waals surface area (Å²) in [6, 6.07) is 29.8. The van der Waals surface area contributed by atoms with Gasteiger partial charge >= 0.3 is 5.97 Å². The summed E-state index contributed by atoms with van der Waals surface area (Å²) in [6.45, 7) is 3.70. The lowest BCUT2D eigenvalue weighted by atomic mass is 9.77. The number of amides is 1. The average Bonchev–Trinajstić information content (AvgIpc) is 3.73. The van der Waals surface area contributed by atoms with Gasteiger partial charge in [0.05, 0.1) is 26.0 Å². The van der Waals surface area contributed by atoms with Crippen LogP contribution in [0.2, 0.25) is 0 Å². The van der Waals surface area contributed by atoms with E-state index in [0.717, 1.165) is 90.9 Å². The first-order chi connectivity index (χ1) is 25.2. The molecule has 5 aromatic rings. The SMILES string of the molecule is COc1ccc(/C=C2\CCCC3C2=NN(C(=O)C(C)OC(=O)CCc2c(-c4ccc(Br)cc4)[nH]c4ccc(C)cc24)C3c2ccc(OC)cc2)cc1. The number of rotatable bonds is 10. The first kappa shape index (κ1) is 35.3. The number of aromatic nitrogens is 1. The molecule has 266 valence electrons. The van der Waals surface area contributed by atoms with Crippen molar-refractivity contribution in [1.82, 2.24) is 9.99 Å². The Hall–Kier alpha value is -5.15. The Balaban J connectivity index is 1.13. The van der Waals surface area contributed by atoms with Crippen LogP contribution in [0.5, 0.6) is 11.5 Å². The lowest BCUT2D eigenvalue weighted by molar-refractivity contribution is -0.160. The Morgan fingerprint density at radius 2 is 1.65 bits per heavy atom. The van der Waals surface area contributed by atoms with Crippen molar-refractivity contribution in [1.29, 1.82) is 0 Å². The highest BCUT2D eigenvalue weighted by molar-refractivity contribution is 9.10. The van der Waals surface area contributed by atoms with Gasteiger partial charge in [-0.25, -0.2) is 5.01 Å².